The van der Waals surface area contributed by atoms with Gasteiger partial charge >= 0.3 is 5.97 Å². The van der Waals surface area contributed by atoms with Gasteiger partial charge in [-0.1, -0.05) is 35.9 Å². The molecule has 2 aromatic heterocycles. The Labute approximate surface area is 207 Å². The van der Waals surface area contributed by atoms with E-state index in [1.807, 2.05) is 55.5 Å². The lowest BCUT2D eigenvalue weighted by Gasteiger charge is -2.11. The fourth-order valence-corrected chi connectivity index (χ4v) is 5.53. The van der Waals surface area contributed by atoms with E-state index in [0.29, 0.717) is 27.4 Å². The van der Waals surface area contributed by atoms with Crippen LogP contribution in [0.25, 0.3) is 11.0 Å². The number of thiophene rings is 1. The first kappa shape index (κ1) is 23.1. The van der Waals surface area contributed by atoms with E-state index in [-0.39, 0.29) is 24.0 Å². The molecule has 0 saturated carbocycles. The van der Waals surface area contributed by atoms with Crippen LogP contribution in [-0.4, -0.2) is 18.5 Å². The molecule has 0 spiro atoms. The van der Waals surface area contributed by atoms with Gasteiger partial charge in [-0.3, -0.25) is 4.79 Å². The van der Waals surface area contributed by atoms with Crippen molar-refractivity contribution in [3.63, 3.8) is 0 Å². The van der Waals surface area contributed by atoms with E-state index >= 15 is 0 Å². The number of esters is 1. The monoisotopic (exact) mass is 486 g/mol. The number of para-hydroxylation sites is 1. The number of carbonyl (C=O) groups is 2. The minimum Gasteiger partial charge on any atom is -0.462 e. The van der Waals surface area contributed by atoms with Crippen LogP contribution in [0.2, 0.25) is 0 Å². The molecular formula is C28H26N2O4S. The lowest BCUT2D eigenvalue weighted by atomic mass is 9.95. The number of benzene rings is 2. The van der Waals surface area contributed by atoms with Gasteiger partial charge in [-0.05, 0) is 69.4 Å². The molecule has 2 heterocycles. The second kappa shape index (κ2) is 9.88. The van der Waals surface area contributed by atoms with Gasteiger partial charge in [-0.15, -0.1) is 11.3 Å². The van der Waals surface area contributed by atoms with Gasteiger partial charge in [0.05, 0.1) is 12.2 Å². The lowest BCUT2D eigenvalue weighted by Crippen LogP contribution is -2.21. The topological polar surface area (TPSA) is 80.9 Å². The van der Waals surface area contributed by atoms with Crippen molar-refractivity contribution in [1.82, 2.24) is 0 Å². The van der Waals surface area contributed by atoms with Crippen molar-refractivity contribution in [1.29, 1.82) is 0 Å². The minimum absolute atomic E-state index is 0.164. The number of hydrogen-bond acceptors (Lipinski definition) is 6. The molecule has 0 fully saturated rings. The second-order valence-corrected chi connectivity index (χ2v) is 9.63. The minimum atomic E-state index is -0.378. The summed E-state index contributed by atoms with van der Waals surface area (Å²) in [4.78, 5) is 32.2. The molecule has 2 aromatic carbocycles. The van der Waals surface area contributed by atoms with Crippen LogP contribution in [0.1, 0.15) is 56.5 Å². The van der Waals surface area contributed by atoms with Crippen molar-refractivity contribution < 1.29 is 18.7 Å². The summed E-state index contributed by atoms with van der Waals surface area (Å²) >= 11 is 1.48. The van der Waals surface area contributed by atoms with E-state index in [9.17, 15) is 9.59 Å². The summed E-state index contributed by atoms with van der Waals surface area (Å²) in [6.07, 6.45) is 3.85. The third-order valence-electron chi connectivity index (χ3n) is 6.05. The Kier molecular flexibility index (Phi) is 6.51. The largest absolute Gasteiger partial charge is 0.462 e. The quantitative estimate of drug-likeness (QED) is 0.334. The number of amides is 1. The number of nitrogens with zero attached hydrogens (tertiary/aromatic N) is 1. The SMILES string of the molecule is CCOC(=O)c1c(N=c2oc3ccccc3cc2C(=O)Nc2ccc(C)cc2)sc2c1CCCC2. The van der Waals surface area contributed by atoms with Crippen LogP contribution >= 0.6 is 11.3 Å². The molecule has 4 aromatic rings. The summed E-state index contributed by atoms with van der Waals surface area (Å²) in [5, 5.41) is 4.25. The molecule has 1 aliphatic rings. The molecule has 0 radical (unpaired) electrons. The number of anilines is 1. The number of nitrogens with one attached hydrogen (secondary N) is 1. The molecule has 5 rings (SSSR count). The van der Waals surface area contributed by atoms with Crippen molar-refractivity contribution in [2.24, 2.45) is 4.99 Å². The van der Waals surface area contributed by atoms with E-state index in [0.717, 1.165) is 47.1 Å². The predicted octanol–water partition coefficient (Wildman–Crippen LogP) is 6.34. The molecule has 6 nitrogen and oxygen atoms in total. The van der Waals surface area contributed by atoms with Gasteiger partial charge in [0.25, 0.3) is 5.91 Å². The Morgan fingerprint density at radius 2 is 1.86 bits per heavy atom. The Balaban J connectivity index is 1.66. The maximum absolute atomic E-state index is 13.4. The zero-order valence-corrected chi connectivity index (χ0v) is 20.5. The standard InChI is InChI=1S/C28H26N2O4S/c1-3-33-28(32)24-20-9-5-7-11-23(20)35-27(24)30-26-21(16-18-8-4-6-10-22(18)34-26)25(31)29-19-14-12-17(2)13-15-19/h4,6,8,10,12-16H,3,5,7,9,11H2,1-2H3,(H,29,31). The molecule has 0 saturated heterocycles. The van der Waals surface area contributed by atoms with Crippen molar-refractivity contribution in [3.8, 4) is 0 Å². The summed E-state index contributed by atoms with van der Waals surface area (Å²) in [5.41, 5.74) is 4.37. The lowest BCUT2D eigenvalue weighted by molar-refractivity contribution is 0.0526. The molecule has 0 unspecified atom stereocenters. The molecule has 35 heavy (non-hydrogen) atoms. The number of carbonyl (C=O) groups excluding carboxylic acids is 2. The van der Waals surface area contributed by atoms with E-state index in [1.165, 1.54) is 11.3 Å². The zero-order valence-electron chi connectivity index (χ0n) is 19.7. The smallest absolute Gasteiger partial charge is 0.341 e. The fraction of sp³-hybridized carbons (Fsp3) is 0.250. The van der Waals surface area contributed by atoms with E-state index in [2.05, 4.69) is 5.32 Å². The first-order valence-electron chi connectivity index (χ1n) is 11.8. The van der Waals surface area contributed by atoms with Crippen LogP contribution in [0, 0.1) is 6.92 Å². The highest BCUT2D eigenvalue weighted by molar-refractivity contribution is 7.16. The average Bonchev–Trinajstić information content (AvgIpc) is 3.23. The third kappa shape index (κ3) is 4.77. The van der Waals surface area contributed by atoms with Gasteiger partial charge < -0.3 is 14.5 Å². The Morgan fingerprint density at radius 1 is 1.09 bits per heavy atom. The van der Waals surface area contributed by atoms with E-state index in [4.69, 9.17) is 14.1 Å². The summed E-state index contributed by atoms with van der Waals surface area (Å²) < 4.78 is 11.5. The highest BCUT2D eigenvalue weighted by Crippen LogP contribution is 2.40. The molecular weight excluding hydrogens is 460 g/mol. The predicted molar refractivity (Wildman–Crippen MR) is 137 cm³/mol. The van der Waals surface area contributed by atoms with E-state index < -0.39 is 0 Å². The molecule has 1 N–H and O–H groups in total. The van der Waals surface area contributed by atoms with Gasteiger partial charge in [0.2, 0.25) is 5.55 Å². The van der Waals surface area contributed by atoms with Gasteiger partial charge in [-0.2, -0.15) is 0 Å². The Bertz CT molecular complexity index is 1480. The number of fused-ring (bicyclic) bond motifs is 2. The summed E-state index contributed by atoms with van der Waals surface area (Å²) in [7, 11) is 0. The summed E-state index contributed by atoms with van der Waals surface area (Å²) in [6, 6.07) is 16.8. The fourth-order valence-electron chi connectivity index (χ4n) is 4.29. The molecule has 178 valence electrons. The first-order valence-corrected chi connectivity index (χ1v) is 12.6. The van der Waals surface area contributed by atoms with Crippen LogP contribution in [0.4, 0.5) is 10.7 Å². The second-order valence-electron chi connectivity index (χ2n) is 8.55. The molecule has 0 aliphatic heterocycles. The van der Waals surface area contributed by atoms with Crippen molar-refractivity contribution >= 4 is 44.9 Å². The van der Waals surface area contributed by atoms with Crippen molar-refractivity contribution in [2.75, 3.05) is 11.9 Å². The first-order chi connectivity index (χ1) is 17.0. The normalized spacial score (nSPS) is 13.5. The van der Waals surface area contributed by atoms with Crippen LogP contribution in [0.5, 0.6) is 0 Å². The highest BCUT2D eigenvalue weighted by atomic mass is 32.1. The number of aryl methyl sites for hydroxylation is 2. The molecule has 0 atom stereocenters. The average molecular weight is 487 g/mol. The van der Waals surface area contributed by atoms with Gasteiger partial charge in [0.1, 0.15) is 16.1 Å². The number of rotatable bonds is 5. The molecule has 1 aliphatic carbocycles. The van der Waals surface area contributed by atoms with Crippen LogP contribution < -0.4 is 10.9 Å². The van der Waals surface area contributed by atoms with Crippen molar-refractivity contribution in [3.05, 3.63) is 87.3 Å². The van der Waals surface area contributed by atoms with Crippen LogP contribution in [-0.2, 0) is 17.6 Å². The van der Waals surface area contributed by atoms with Crippen LogP contribution in [0.15, 0.2) is 64.0 Å². The Hall–Kier alpha value is -3.71. The summed E-state index contributed by atoms with van der Waals surface area (Å²) in [6.45, 7) is 4.07. The number of ether oxygens (including phenoxy) is 1. The van der Waals surface area contributed by atoms with E-state index in [1.54, 1.807) is 13.0 Å². The van der Waals surface area contributed by atoms with Gasteiger partial charge in [0, 0.05) is 16.0 Å². The number of hydrogen-bond donors (Lipinski definition) is 1. The maximum Gasteiger partial charge on any atom is 0.341 e. The third-order valence-corrected chi connectivity index (χ3v) is 7.23. The van der Waals surface area contributed by atoms with Gasteiger partial charge in [0.15, 0.2) is 0 Å². The van der Waals surface area contributed by atoms with Gasteiger partial charge in [-0.25, -0.2) is 9.79 Å². The van der Waals surface area contributed by atoms with Crippen LogP contribution in [0.3, 0.4) is 0 Å². The zero-order chi connectivity index (χ0) is 24.4. The highest BCUT2D eigenvalue weighted by Gasteiger charge is 2.27. The van der Waals surface area contributed by atoms with Crippen molar-refractivity contribution in [2.45, 2.75) is 39.5 Å². The molecule has 0 bridgehead atoms. The maximum atomic E-state index is 13.4. The Morgan fingerprint density at radius 3 is 2.66 bits per heavy atom. The summed E-state index contributed by atoms with van der Waals surface area (Å²) in [5.74, 6) is -0.710. The molecule has 1 amide bonds. The molecule has 7 heteroatoms.